The van der Waals surface area contributed by atoms with E-state index >= 15 is 0 Å². The van der Waals surface area contributed by atoms with E-state index in [1.807, 2.05) is 18.7 Å². The van der Waals surface area contributed by atoms with Gasteiger partial charge in [-0.3, -0.25) is 0 Å². The van der Waals surface area contributed by atoms with Crippen LogP contribution in [0, 0.1) is 5.92 Å². The topological polar surface area (TPSA) is 107 Å². The molecule has 1 aliphatic heterocycles. The van der Waals surface area contributed by atoms with E-state index in [1.165, 1.54) is 19.9 Å². The molecule has 2 N–H and O–H groups in total. The van der Waals surface area contributed by atoms with E-state index in [0.29, 0.717) is 24.3 Å². The highest BCUT2D eigenvalue weighted by atomic mass is 32.2. The molecule has 8 nitrogen and oxygen atoms in total. The van der Waals surface area contributed by atoms with Gasteiger partial charge >= 0.3 is 6.18 Å². The molecule has 0 bridgehead atoms. The van der Waals surface area contributed by atoms with Gasteiger partial charge in [-0.1, -0.05) is 19.9 Å². The van der Waals surface area contributed by atoms with E-state index in [0.717, 1.165) is 6.26 Å². The van der Waals surface area contributed by atoms with E-state index in [1.54, 1.807) is 17.0 Å². The molecule has 1 saturated heterocycles. The van der Waals surface area contributed by atoms with Gasteiger partial charge in [-0.25, -0.2) is 8.42 Å². The first-order chi connectivity index (χ1) is 15.5. The van der Waals surface area contributed by atoms with Gasteiger partial charge in [0.1, 0.15) is 5.60 Å². The van der Waals surface area contributed by atoms with Gasteiger partial charge in [0, 0.05) is 31.6 Å². The number of oxazole rings is 1. The highest BCUT2D eigenvalue weighted by Gasteiger charge is 2.45. The molecule has 0 radical (unpaired) electrons. The number of hydrogen-bond donors (Lipinski definition) is 2. The zero-order valence-corrected chi connectivity index (χ0v) is 20.5. The summed E-state index contributed by atoms with van der Waals surface area (Å²) in [6, 6.07) is 4.26. The summed E-state index contributed by atoms with van der Waals surface area (Å²) < 4.78 is 70.5. The fourth-order valence-electron chi connectivity index (χ4n) is 4.11. The van der Waals surface area contributed by atoms with Crippen molar-refractivity contribution in [3.05, 3.63) is 35.2 Å². The van der Waals surface area contributed by atoms with Crippen LogP contribution in [0.25, 0.3) is 0 Å². The number of alkyl halides is 3. The van der Waals surface area contributed by atoms with Crippen LogP contribution in [-0.2, 0) is 28.2 Å². The maximum absolute atomic E-state index is 13.6. The van der Waals surface area contributed by atoms with E-state index < -0.39 is 39.7 Å². The van der Waals surface area contributed by atoms with Crippen LogP contribution in [0.5, 0.6) is 0 Å². The van der Waals surface area contributed by atoms with Crippen molar-refractivity contribution in [2.45, 2.75) is 57.0 Å². The number of sulfone groups is 1. The first-order valence-electron chi connectivity index (χ1n) is 10.8. The maximum atomic E-state index is 13.6. The number of benzene rings is 1. The largest absolute Gasteiger partial charge is 0.437 e. The third-order valence-corrected chi connectivity index (χ3v) is 7.04. The predicted octanol–water partition coefficient (Wildman–Crippen LogP) is 3.17. The van der Waals surface area contributed by atoms with Crippen molar-refractivity contribution >= 4 is 21.5 Å². The molecule has 1 aromatic carbocycles. The lowest BCUT2D eigenvalue weighted by Crippen LogP contribution is -2.55. The van der Waals surface area contributed by atoms with E-state index in [-0.39, 0.29) is 29.4 Å². The fourth-order valence-corrected chi connectivity index (χ4v) is 5.05. The molecular formula is C22H30F3N3O5S. The Hall–Kier alpha value is -2.31. The number of piperazine rings is 1. The standard InChI is InChI=1S/C22H30F3N3O5S/c1-13(2)16-11-27(15-7-6-14(12-29)17(10-15)34(5,31)32)8-9-28(16)20-26-18(22(23,24)25)19(33-20)21(3,4)30/h6-7,10,13,16,29-30H,8-9,11-12H2,1-5H3. The SMILES string of the molecule is CC(C)C1CN(c2ccc(CO)c(S(C)(=O)=O)c2)CCN1c1nc(C(F)(F)F)c(C(C)(C)O)o1. The van der Waals surface area contributed by atoms with Gasteiger partial charge in [0.2, 0.25) is 0 Å². The van der Waals surface area contributed by atoms with Crippen LogP contribution in [0.1, 0.15) is 44.7 Å². The molecule has 3 rings (SSSR count). The Morgan fingerprint density at radius 2 is 1.88 bits per heavy atom. The Morgan fingerprint density at radius 1 is 1.24 bits per heavy atom. The van der Waals surface area contributed by atoms with Crippen LogP contribution in [0.15, 0.2) is 27.5 Å². The summed E-state index contributed by atoms with van der Waals surface area (Å²) in [5, 5.41) is 19.7. The molecule has 190 valence electrons. The van der Waals surface area contributed by atoms with Crippen molar-refractivity contribution in [3.63, 3.8) is 0 Å². The summed E-state index contributed by atoms with van der Waals surface area (Å²) in [6.07, 6.45) is -3.72. The number of nitrogens with zero attached hydrogens (tertiary/aromatic N) is 3. The van der Waals surface area contributed by atoms with Crippen molar-refractivity contribution in [2.75, 3.05) is 35.7 Å². The molecule has 1 aliphatic rings. The maximum Gasteiger partial charge on any atom is 0.437 e. The van der Waals surface area contributed by atoms with Gasteiger partial charge in [0.05, 0.1) is 17.5 Å². The highest BCUT2D eigenvalue weighted by molar-refractivity contribution is 7.90. The van der Waals surface area contributed by atoms with Gasteiger partial charge in [0.25, 0.3) is 6.01 Å². The van der Waals surface area contributed by atoms with E-state index in [4.69, 9.17) is 4.42 Å². The normalized spacial score (nSPS) is 18.1. The second-order valence-electron chi connectivity index (χ2n) is 9.40. The quantitative estimate of drug-likeness (QED) is 0.617. The monoisotopic (exact) mass is 505 g/mol. The minimum absolute atomic E-state index is 0.0132. The van der Waals surface area contributed by atoms with Gasteiger partial charge in [-0.05, 0) is 37.5 Å². The summed E-state index contributed by atoms with van der Waals surface area (Å²) in [5.74, 6) is -0.655. The Kier molecular flexibility index (Phi) is 7.00. The van der Waals surface area contributed by atoms with Gasteiger partial charge in [-0.15, -0.1) is 0 Å². The average molecular weight is 506 g/mol. The van der Waals surface area contributed by atoms with Crippen molar-refractivity contribution in [2.24, 2.45) is 5.92 Å². The number of anilines is 2. The van der Waals surface area contributed by atoms with Crippen LogP contribution < -0.4 is 9.80 Å². The summed E-state index contributed by atoms with van der Waals surface area (Å²) in [7, 11) is -3.57. The predicted molar refractivity (Wildman–Crippen MR) is 120 cm³/mol. The minimum atomic E-state index is -4.79. The lowest BCUT2D eigenvalue weighted by Gasteiger charge is -2.43. The van der Waals surface area contributed by atoms with Crippen LogP contribution in [0.4, 0.5) is 24.9 Å². The van der Waals surface area contributed by atoms with Gasteiger partial charge in [-0.2, -0.15) is 18.2 Å². The molecular weight excluding hydrogens is 475 g/mol. The molecule has 1 aromatic heterocycles. The number of aromatic nitrogens is 1. The van der Waals surface area contributed by atoms with E-state index in [2.05, 4.69) is 4.98 Å². The zero-order valence-electron chi connectivity index (χ0n) is 19.7. The summed E-state index contributed by atoms with van der Waals surface area (Å²) in [4.78, 5) is 7.36. The number of halogens is 3. The number of hydrogen-bond acceptors (Lipinski definition) is 8. The Bertz CT molecular complexity index is 1110. The molecule has 34 heavy (non-hydrogen) atoms. The molecule has 2 aromatic rings. The average Bonchev–Trinajstić information content (AvgIpc) is 3.19. The second-order valence-corrected chi connectivity index (χ2v) is 11.4. The highest BCUT2D eigenvalue weighted by Crippen LogP contribution is 2.40. The Morgan fingerprint density at radius 3 is 2.35 bits per heavy atom. The van der Waals surface area contributed by atoms with Gasteiger partial charge < -0.3 is 24.4 Å². The molecule has 1 atom stereocenters. The van der Waals surface area contributed by atoms with Crippen molar-refractivity contribution in [1.82, 2.24) is 4.98 Å². The van der Waals surface area contributed by atoms with Crippen LogP contribution in [0.3, 0.4) is 0 Å². The van der Waals surface area contributed by atoms with Crippen LogP contribution in [-0.4, -0.2) is 55.5 Å². The smallest absolute Gasteiger partial charge is 0.425 e. The molecule has 0 amide bonds. The van der Waals surface area contributed by atoms with E-state index in [9.17, 15) is 31.8 Å². The summed E-state index contributed by atoms with van der Waals surface area (Å²) in [5.41, 5.74) is -2.20. The number of aliphatic hydroxyl groups is 2. The molecule has 0 saturated carbocycles. The second kappa shape index (κ2) is 9.04. The van der Waals surface area contributed by atoms with Crippen molar-refractivity contribution in [1.29, 1.82) is 0 Å². The van der Waals surface area contributed by atoms with Crippen molar-refractivity contribution in [3.8, 4) is 0 Å². The molecule has 2 heterocycles. The van der Waals surface area contributed by atoms with Gasteiger partial charge in [0.15, 0.2) is 21.3 Å². The Balaban J connectivity index is 1.97. The third kappa shape index (κ3) is 5.33. The Labute approximate surface area is 196 Å². The first-order valence-corrected chi connectivity index (χ1v) is 12.7. The first kappa shape index (κ1) is 26.3. The van der Waals surface area contributed by atoms with Crippen LogP contribution in [0.2, 0.25) is 0 Å². The van der Waals surface area contributed by atoms with Crippen LogP contribution >= 0.6 is 0 Å². The van der Waals surface area contributed by atoms with Crippen molar-refractivity contribution < 1.29 is 36.2 Å². The number of aliphatic hydroxyl groups excluding tert-OH is 1. The molecule has 1 fully saturated rings. The lowest BCUT2D eigenvalue weighted by molar-refractivity contribution is -0.144. The lowest BCUT2D eigenvalue weighted by atomic mass is 9.99. The molecule has 12 heteroatoms. The zero-order chi connectivity index (χ0) is 25.6. The molecule has 1 unspecified atom stereocenters. The summed E-state index contributed by atoms with van der Waals surface area (Å²) >= 11 is 0. The fraction of sp³-hybridized carbons (Fsp3) is 0.591. The number of rotatable bonds is 6. The summed E-state index contributed by atoms with van der Waals surface area (Å²) in [6.45, 7) is 6.85. The molecule has 0 aliphatic carbocycles. The minimum Gasteiger partial charge on any atom is -0.425 e. The molecule has 0 spiro atoms. The third-order valence-electron chi connectivity index (χ3n) is 5.86.